The maximum absolute atomic E-state index is 12.5. The molecule has 1 fully saturated rings. The van der Waals surface area contributed by atoms with Gasteiger partial charge in [-0.05, 0) is 49.2 Å². The molecule has 0 radical (unpaired) electrons. The monoisotopic (exact) mass is 419 g/mol. The van der Waals surface area contributed by atoms with Crippen LogP contribution in [0.2, 0.25) is 0 Å². The van der Waals surface area contributed by atoms with E-state index in [1.54, 1.807) is 49.6 Å². The average Bonchev–Trinajstić information content (AvgIpc) is 3.28. The normalized spacial score (nSPS) is 14.4. The van der Waals surface area contributed by atoms with Crippen molar-refractivity contribution in [1.82, 2.24) is 4.31 Å². The van der Waals surface area contributed by atoms with Gasteiger partial charge in [0.1, 0.15) is 0 Å². The molecule has 156 valence electrons. The third kappa shape index (κ3) is 4.99. The average molecular weight is 420 g/mol. The van der Waals surface area contributed by atoms with Crippen molar-refractivity contribution in [1.29, 1.82) is 0 Å². The van der Waals surface area contributed by atoms with Crippen molar-refractivity contribution in [2.75, 3.05) is 44.5 Å². The Bertz CT molecular complexity index is 955. The van der Waals surface area contributed by atoms with E-state index in [4.69, 9.17) is 9.47 Å². The van der Waals surface area contributed by atoms with Gasteiger partial charge in [-0.1, -0.05) is 0 Å². The van der Waals surface area contributed by atoms with E-state index in [1.165, 1.54) is 11.4 Å². The molecule has 0 unspecified atom stereocenters. The van der Waals surface area contributed by atoms with Gasteiger partial charge in [-0.3, -0.25) is 4.79 Å². The first-order valence-corrected chi connectivity index (χ1v) is 10.7. The van der Waals surface area contributed by atoms with Crippen LogP contribution in [0.5, 0.6) is 11.5 Å². The number of sulfonamides is 1. The van der Waals surface area contributed by atoms with E-state index in [-0.39, 0.29) is 17.3 Å². The van der Waals surface area contributed by atoms with Gasteiger partial charge in [-0.25, -0.2) is 8.42 Å². The quantitative estimate of drug-likeness (QED) is 0.683. The molecule has 0 aromatic heterocycles. The van der Waals surface area contributed by atoms with Crippen LogP contribution in [-0.4, -0.2) is 52.5 Å². The van der Waals surface area contributed by atoms with Crippen LogP contribution in [0.4, 0.5) is 11.4 Å². The van der Waals surface area contributed by atoms with Crippen molar-refractivity contribution < 1.29 is 22.7 Å². The van der Waals surface area contributed by atoms with E-state index in [2.05, 4.69) is 10.6 Å². The molecule has 29 heavy (non-hydrogen) atoms. The van der Waals surface area contributed by atoms with Gasteiger partial charge in [-0.2, -0.15) is 4.31 Å². The fourth-order valence-corrected chi connectivity index (χ4v) is 4.64. The molecular weight excluding hydrogens is 394 g/mol. The second-order valence-electron chi connectivity index (χ2n) is 6.61. The molecule has 1 amide bonds. The molecule has 1 heterocycles. The molecule has 2 N–H and O–H groups in total. The Labute approximate surface area is 170 Å². The fourth-order valence-electron chi connectivity index (χ4n) is 3.12. The second kappa shape index (κ2) is 9.15. The first-order chi connectivity index (χ1) is 13.9. The minimum atomic E-state index is -3.44. The zero-order chi connectivity index (χ0) is 20.9. The molecule has 8 nitrogen and oxygen atoms in total. The Morgan fingerprint density at radius 3 is 2.21 bits per heavy atom. The summed E-state index contributed by atoms with van der Waals surface area (Å²) in [6, 6.07) is 11.5. The summed E-state index contributed by atoms with van der Waals surface area (Å²) in [5, 5.41) is 5.76. The highest BCUT2D eigenvalue weighted by molar-refractivity contribution is 7.89. The smallest absolute Gasteiger partial charge is 0.243 e. The lowest BCUT2D eigenvalue weighted by atomic mass is 10.2. The highest BCUT2D eigenvalue weighted by Gasteiger charge is 2.26. The van der Waals surface area contributed by atoms with Crippen molar-refractivity contribution in [3.8, 4) is 11.5 Å². The van der Waals surface area contributed by atoms with Crippen LogP contribution in [0.15, 0.2) is 47.4 Å². The molecular formula is C20H25N3O5S. The molecule has 2 aromatic rings. The summed E-state index contributed by atoms with van der Waals surface area (Å²) >= 11 is 0. The summed E-state index contributed by atoms with van der Waals surface area (Å²) in [4.78, 5) is 12.5. The zero-order valence-corrected chi connectivity index (χ0v) is 17.3. The van der Waals surface area contributed by atoms with Crippen molar-refractivity contribution in [3.05, 3.63) is 42.5 Å². The van der Waals surface area contributed by atoms with Crippen molar-refractivity contribution in [2.45, 2.75) is 17.7 Å². The molecule has 1 saturated heterocycles. The first-order valence-electron chi connectivity index (χ1n) is 9.30. The van der Waals surface area contributed by atoms with E-state index < -0.39 is 10.0 Å². The molecule has 0 atom stereocenters. The zero-order valence-electron chi connectivity index (χ0n) is 16.5. The summed E-state index contributed by atoms with van der Waals surface area (Å²) in [5.41, 5.74) is 1.24. The lowest BCUT2D eigenvalue weighted by molar-refractivity contribution is -0.114. The highest BCUT2D eigenvalue weighted by Crippen LogP contribution is 2.29. The number of carbonyl (C=O) groups excluding carboxylic acids is 1. The van der Waals surface area contributed by atoms with Crippen LogP contribution in [0, 0.1) is 0 Å². The first kappa shape index (κ1) is 20.9. The number of anilines is 2. The minimum absolute atomic E-state index is 0.0343. The van der Waals surface area contributed by atoms with Crippen LogP contribution in [0.3, 0.4) is 0 Å². The Balaban J connectivity index is 1.56. The lowest BCUT2D eigenvalue weighted by Gasteiger charge is -2.16. The van der Waals surface area contributed by atoms with E-state index in [0.717, 1.165) is 12.8 Å². The fraction of sp³-hybridized carbons (Fsp3) is 0.350. The van der Waals surface area contributed by atoms with Gasteiger partial charge in [0.05, 0.1) is 25.7 Å². The third-order valence-electron chi connectivity index (χ3n) is 4.68. The van der Waals surface area contributed by atoms with E-state index in [0.29, 0.717) is 36.0 Å². The molecule has 1 aliphatic heterocycles. The molecule has 9 heteroatoms. The summed E-state index contributed by atoms with van der Waals surface area (Å²) in [5.74, 6) is 0.853. The molecule has 0 aliphatic carbocycles. The molecule has 2 aromatic carbocycles. The number of nitrogens with zero attached hydrogens (tertiary/aromatic N) is 1. The van der Waals surface area contributed by atoms with Crippen LogP contribution < -0.4 is 20.1 Å². The van der Waals surface area contributed by atoms with E-state index in [1.807, 2.05) is 0 Å². The Morgan fingerprint density at radius 1 is 0.966 bits per heavy atom. The minimum Gasteiger partial charge on any atom is -0.493 e. The predicted octanol–water partition coefficient (Wildman–Crippen LogP) is 2.54. The summed E-state index contributed by atoms with van der Waals surface area (Å²) in [6.07, 6.45) is 1.79. The number of hydrogen-bond donors (Lipinski definition) is 2. The lowest BCUT2D eigenvalue weighted by Crippen LogP contribution is -2.27. The number of amides is 1. The van der Waals surface area contributed by atoms with E-state index >= 15 is 0 Å². The number of ether oxygens (including phenoxy) is 2. The SMILES string of the molecule is COc1ccc(NC(=O)CNc2ccc(S(=O)(=O)N3CCCC3)cc2)cc1OC. The van der Waals surface area contributed by atoms with Gasteiger partial charge >= 0.3 is 0 Å². The molecule has 3 rings (SSSR count). The summed E-state index contributed by atoms with van der Waals surface area (Å²) < 4.78 is 37.0. The van der Waals surface area contributed by atoms with Crippen LogP contribution in [0.25, 0.3) is 0 Å². The largest absolute Gasteiger partial charge is 0.493 e. The van der Waals surface area contributed by atoms with E-state index in [9.17, 15) is 13.2 Å². The Hall–Kier alpha value is -2.78. The van der Waals surface area contributed by atoms with Gasteiger partial charge in [0, 0.05) is 30.5 Å². The van der Waals surface area contributed by atoms with Gasteiger partial charge < -0.3 is 20.1 Å². The maximum atomic E-state index is 12.5. The van der Waals surface area contributed by atoms with Gasteiger partial charge in [0.25, 0.3) is 0 Å². The molecule has 1 aliphatic rings. The van der Waals surface area contributed by atoms with Gasteiger partial charge in [-0.15, -0.1) is 0 Å². The number of methoxy groups -OCH3 is 2. The number of nitrogens with one attached hydrogen (secondary N) is 2. The van der Waals surface area contributed by atoms with Crippen LogP contribution >= 0.6 is 0 Å². The standard InChI is InChI=1S/C20H25N3O5S/c1-27-18-10-7-16(13-19(18)28-2)22-20(24)14-21-15-5-8-17(9-6-15)29(25,26)23-11-3-4-12-23/h5-10,13,21H,3-4,11-12,14H2,1-2H3,(H,22,24). The number of rotatable bonds is 8. The third-order valence-corrected chi connectivity index (χ3v) is 6.59. The molecule has 0 saturated carbocycles. The second-order valence-corrected chi connectivity index (χ2v) is 8.54. The predicted molar refractivity (Wildman–Crippen MR) is 111 cm³/mol. The van der Waals surface area contributed by atoms with Crippen molar-refractivity contribution in [2.24, 2.45) is 0 Å². The van der Waals surface area contributed by atoms with Crippen molar-refractivity contribution in [3.63, 3.8) is 0 Å². The number of benzene rings is 2. The maximum Gasteiger partial charge on any atom is 0.243 e. The topological polar surface area (TPSA) is 97.0 Å². The van der Waals surface area contributed by atoms with Gasteiger partial charge in [0.15, 0.2) is 11.5 Å². The molecule has 0 bridgehead atoms. The molecule has 0 spiro atoms. The van der Waals surface area contributed by atoms with Crippen molar-refractivity contribution >= 4 is 27.3 Å². The summed E-state index contributed by atoms with van der Waals surface area (Å²) in [7, 11) is -0.366. The highest BCUT2D eigenvalue weighted by atomic mass is 32.2. The Kier molecular flexibility index (Phi) is 6.60. The number of carbonyl (C=O) groups is 1. The Morgan fingerprint density at radius 2 is 1.59 bits per heavy atom. The van der Waals surface area contributed by atoms with Crippen LogP contribution in [0.1, 0.15) is 12.8 Å². The number of hydrogen-bond acceptors (Lipinski definition) is 6. The summed E-state index contributed by atoms with van der Waals surface area (Å²) in [6.45, 7) is 1.17. The van der Waals surface area contributed by atoms with Gasteiger partial charge in [0.2, 0.25) is 15.9 Å². The van der Waals surface area contributed by atoms with Crippen LogP contribution in [-0.2, 0) is 14.8 Å².